The Bertz CT molecular complexity index is 855. The van der Waals surface area contributed by atoms with Crippen LogP contribution in [-0.4, -0.2) is 17.5 Å². The molecular weight excluding hydrogens is 392 g/mol. The summed E-state index contributed by atoms with van der Waals surface area (Å²) in [5, 5.41) is 10.2. The van der Waals surface area contributed by atoms with Crippen LogP contribution in [0.2, 0.25) is 0 Å². The van der Waals surface area contributed by atoms with Gasteiger partial charge in [-0.25, -0.2) is 0 Å². The zero-order valence-electron chi connectivity index (χ0n) is 21.9. The number of aliphatic hydroxyl groups is 1. The van der Waals surface area contributed by atoms with E-state index in [1.54, 1.807) is 5.57 Å². The molecule has 0 aliphatic heterocycles. The third-order valence-electron chi connectivity index (χ3n) is 13.1. The van der Waals surface area contributed by atoms with Crippen molar-refractivity contribution in [3.05, 3.63) is 11.6 Å². The van der Waals surface area contributed by atoms with Crippen LogP contribution in [-0.2, 0) is 4.79 Å². The molecule has 8 atom stereocenters. The van der Waals surface area contributed by atoms with E-state index in [0.29, 0.717) is 41.0 Å². The molecule has 5 aliphatic carbocycles. The number of aliphatic hydroxyl groups excluding tert-OH is 1. The van der Waals surface area contributed by atoms with Gasteiger partial charge in [0.05, 0.1) is 0 Å². The molecule has 2 heteroatoms. The molecule has 0 amide bonds. The van der Waals surface area contributed by atoms with Crippen LogP contribution < -0.4 is 0 Å². The summed E-state index contributed by atoms with van der Waals surface area (Å²) in [6.45, 7) is 17.5. The van der Waals surface area contributed by atoms with E-state index in [9.17, 15) is 9.90 Å². The van der Waals surface area contributed by atoms with Crippen LogP contribution in [0, 0.1) is 50.2 Å². The van der Waals surface area contributed by atoms with Crippen LogP contribution in [0.5, 0.6) is 0 Å². The van der Waals surface area contributed by atoms with E-state index in [0.717, 1.165) is 19.3 Å². The van der Waals surface area contributed by atoms with E-state index in [2.05, 4.69) is 54.5 Å². The Morgan fingerprint density at radius 1 is 0.906 bits per heavy atom. The lowest BCUT2D eigenvalue weighted by Crippen LogP contribution is -2.64. The first kappa shape index (κ1) is 23.1. The number of carbonyl (C=O) groups is 1. The Kier molecular flexibility index (Phi) is 4.87. The molecule has 0 saturated heterocycles. The smallest absolute Gasteiger partial charge is 0.138 e. The highest BCUT2D eigenvalue weighted by Gasteiger charge is 2.67. The highest BCUT2D eigenvalue weighted by molar-refractivity contribution is 5.85. The fourth-order valence-electron chi connectivity index (χ4n) is 10.4. The van der Waals surface area contributed by atoms with Crippen molar-refractivity contribution in [3.63, 3.8) is 0 Å². The van der Waals surface area contributed by atoms with Crippen molar-refractivity contribution in [2.75, 3.05) is 6.61 Å². The predicted octanol–water partition coefficient (Wildman–Crippen LogP) is 7.35. The molecular formula is C30H48O2. The molecule has 5 aliphatic rings. The van der Waals surface area contributed by atoms with Crippen molar-refractivity contribution >= 4 is 5.78 Å². The zero-order valence-corrected chi connectivity index (χ0v) is 21.9. The summed E-state index contributed by atoms with van der Waals surface area (Å²) in [5.41, 5.74) is 2.92. The molecule has 4 saturated carbocycles. The number of hydrogen-bond donors (Lipinski definition) is 1. The van der Waals surface area contributed by atoms with Gasteiger partial charge in [0.1, 0.15) is 5.78 Å². The van der Waals surface area contributed by atoms with E-state index in [-0.39, 0.29) is 21.7 Å². The van der Waals surface area contributed by atoms with Gasteiger partial charge in [0.25, 0.3) is 0 Å². The van der Waals surface area contributed by atoms with E-state index >= 15 is 0 Å². The maximum atomic E-state index is 12.9. The SMILES string of the molecule is CC1(C)C(=O)CC[C@]2(C)[C@@H]1CC[C@]1(C)[C@@H]2CC=C2[C@H]3C[C@](C)(CO)CC[C@]3(C)CC[C@@]21C. The summed E-state index contributed by atoms with van der Waals surface area (Å²) in [6, 6.07) is 0. The van der Waals surface area contributed by atoms with Crippen LogP contribution in [0.15, 0.2) is 11.6 Å². The van der Waals surface area contributed by atoms with E-state index in [1.165, 1.54) is 44.9 Å². The third-order valence-corrected chi connectivity index (χ3v) is 13.1. The number of ketones is 1. The molecule has 0 radical (unpaired) electrons. The lowest BCUT2D eigenvalue weighted by atomic mass is 9.34. The molecule has 0 aromatic rings. The Labute approximate surface area is 197 Å². The minimum atomic E-state index is -0.170. The number of Topliss-reactive ketones (excluding diaryl/α,β-unsaturated/α-hetero) is 1. The average Bonchev–Trinajstić information content (AvgIpc) is 2.73. The predicted molar refractivity (Wildman–Crippen MR) is 131 cm³/mol. The van der Waals surface area contributed by atoms with Crippen molar-refractivity contribution in [2.24, 2.45) is 50.2 Å². The second kappa shape index (κ2) is 6.73. The van der Waals surface area contributed by atoms with Gasteiger partial charge in [-0.2, -0.15) is 0 Å². The summed E-state index contributed by atoms with van der Waals surface area (Å²) in [4.78, 5) is 12.9. The molecule has 4 fully saturated rings. The Morgan fingerprint density at radius 3 is 2.28 bits per heavy atom. The Balaban J connectivity index is 1.57. The van der Waals surface area contributed by atoms with Crippen LogP contribution in [0.1, 0.15) is 113 Å². The van der Waals surface area contributed by atoms with E-state index in [1.807, 2.05) is 0 Å². The monoisotopic (exact) mass is 440 g/mol. The molecule has 2 nitrogen and oxygen atoms in total. The molecule has 0 unspecified atom stereocenters. The highest BCUT2D eigenvalue weighted by atomic mass is 16.3. The molecule has 180 valence electrons. The standard InChI is InChI=1S/C30H48O2/c1-25(2)22-10-13-30(7)23(28(22,5)12-11-24(25)32)9-8-20-21-18-26(3,19-31)14-15-27(21,4)16-17-29(20,30)6/h8,21-23,31H,9-19H2,1-7H3/t21-,22-,23-,26-,27-,28-,29+,30-/m1/s1. The van der Waals surface area contributed by atoms with Crippen LogP contribution in [0.4, 0.5) is 0 Å². The molecule has 5 rings (SSSR count). The second-order valence-corrected chi connectivity index (χ2v) is 14.8. The largest absolute Gasteiger partial charge is 0.396 e. The minimum absolute atomic E-state index is 0.0818. The second-order valence-electron chi connectivity index (χ2n) is 14.8. The molecule has 32 heavy (non-hydrogen) atoms. The topological polar surface area (TPSA) is 37.3 Å². The van der Waals surface area contributed by atoms with Crippen molar-refractivity contribution < 1.29 is 9.90 Å². The van der Waals surface area contributed by atoms with E-state index < -0.39 is 0 Å². The summed E-state index contributed by atoms with van der Waals surface area (Å²) >= 11 is 0. The Hall–Kier alpha value is -0.630. The van der Waals surface area contributed by atoms with Crippen molar-refractivity contribution in [3.8, 4) is 0 Å². The van der Waals surface area contributed by atoms with Gasteiger partial charge in [0.15, 0.2) is 0 Å². The first-order valence-corrected chi connectivity index (χ1v) is 13.6. The van der Waals surface area contributed by atoms with E-state index in [4.69, 9.17) is 0 Å². The maximum absolute atomic E-state index is 12.9. The van der Waals surface area contributed by atoms with Crippen LogP contribution >= 0.6 is 0 Å². The minimum Gasteiger partial charge on any atom is -0.396 e. The van der Waals surface area contributed by atoms with Gasteiger partial charge in [0.2, 0.25) is 0 Å². The van der Waals surface area contributed by atoms with Crippen molar-refractivity contribution in [1.29, 1.82) is 0 Å². The maximum Gasteiger partial charge on any atom is 0.138 e. The van der Waals surface area contributed by atoms with Crippen molar-refractivity contribution in [2.45, 2.75) is 113 Å². The summed E-state index contributed by atoms with van der Waals surface area (Å²) in [6.07, 6.45) is 14.5. The summed E-state index contributed by atoms with van der Waals surface area (Å²) < 4.78 is 0. The number of carbonyl (C=O) groups excluding carboxylic acids is 1. The first-order valence-electron chi connectivity index (χ1n) is 13.6. The quantitative estimate of drug-likeness (QED) is 0.433. The first-order chi connectivity index (χ1) is 14.8. The molecule has 0 aromatic heterocycles. The third kappa shape index (κ3) is 2.71. The molecule has 1 N–H and O–H groups in total. The summed E-state index contributed by atoms with van der Waals surface area (Å²) in [7, 11) is 0. The van der Waals surface area contributed by atoms with Crippen LogP contribution in [0.3, 0.4) is 0 Å². The van der Waals surface area contributed by atoms with Gasteiger partial charge in [-0.05, 0) is 103 Å². The Morgan fingerprint density at radius 2 is 1.59 bits per heavy atom. The lowest BCUT2D eigenvalue weighted by Gasteiger charge is -2.70. The van der Waals surface area contributed by atoms with Crippen LogP contribution in [0.25, 0.3) is 0 Å². The molecule has 0 bridgehead atoms. The normalized spacial score (nSPS) is 54.6. The zero-order chi connectivity index (χ0) is 23.4. The van der Waals surface area contributed by atoms with Gasteiger partial charge >= 0.3 is 0 Å². The number of fused-ring (bicyclic) bond motifs is 7. The van der Waals surface area contributed by atoms with Gasteiger partial charge in [0, 0.05) is 18.4 Å². The summed E-state index contributed by atoms with van der Waals surface area (Å²) in [5.74, 6) is 2.32. The van der Waals surface area contributed by atoms with Gasteiger partial charge in [-0.15, -0.1) is 0 Å². The number of rotatable bonds is 1. The highest BCUT2D eigenvalue weighted by Crippen LogP contribution is 2.75. The number of hydrogen-bond acceptors (Lipinski definition) is 2. The number of allylic oxidation sites excluding steroid dienone is 2. The van der Waals surface area contributed by atoms with Gasteiger partial charge in [-0.1, -0.05) is 60.1 Å². The average molecular weight is 441 g/mol. The fourth-order valence-corrected chi connectivity index (χ4v) is 10.4. The fraction of sp³-hybridized carbons (Fsp3) is 0.900. The molecule has 0 heterocycles. The molecule has 0 spiro atoms. The van der Waals surface area contributed by atoms with Crippen molar-refractivity contribution in [1.82, 2.24) is 0 Å². The lowest BCUT2D eigenvalue weighted by molar-refractivity contribution is -0.184. The molecule has 0 aromatic carbocycles. The van der Waals surface area contributed by atoms with Gasteiger partial charge in [-0.3, -0.25) is 4.79 Å². The van der Waals surface area contributed by atoms with Gasteiger partial charge < -0.3 is 5.11 Å².